The molecule has 8 heteroatoms. The van der Waals surface area contributed by atoms with E-state index >= 15 is 0 Å². The number of anilines is 2. The van der Waals surface area contributed by atoms with Crippen LogP contribution in [0, 0.1) is 5.82 Å². The van der Waals surface area contributed by atoms with Crippen LogP contribution in [0.25, 0.3) is 11.3 Å². The molecule has 3 N–H and O–H groups in total. The molecule has 0 spiro atoms. The second kappa shape index (κ2) is 7.69. The van der Waals surface area contributed by atoms with E-state index in [9.17, 15) is 9.18 Å². The summed E-state index contributed by atoms with van der Waals surface area (Å²) in [5.74, 6) is -0.302. The molecule has 0 bridgehead atoms. The van der Waals surface area contributed by atoms with Crippen molar-refractivity contribution in [3.63, 3.8) is 0 Å². The van der Waals surface area contributed by atoms with Crippen molar-refractivity contribution in [1.82, 2.24) is 9.97 Å². The Morgan fingerprint density at radius 2 is 1.81 bits per heavy atom. The van der Waals surface area contributed by atoms with E-state index in [-0.39, 0.29) is 17.0 Å². The Hall–Kier alpha value is -3.68. The van der Waals surface area contributed by atoms with E-state index in [0.717, 1.165) is 11.6 Å². The first-order valence-corrected chi connectivity index (χ1v) is 7.93. The molecule has 1 heterocycles. The first kappa shape index (κ1) is 18.1. The molecular formula is C19H17FN4O3. The molecule has 7 nitrogen and oxygen atoms in total. The molecule has 3 rings (SSSR count). The van der Waals surface area contributed by atoms with Gasteiger partial charge < -0.3 is 20.5 Å². The summed E-state index contributed by atoms with van der Waals surface area (Å²) in [6.45, 7) is 0. The fourth-order valence-electron chi connectivity index (χ4n) is 2.58. The minimum absolute atomic E-state index is 0.0364. The van der Waals surface area contributed by atoms with Gasteiger partial charge in [-0.1, -0.05) is 12.1 Å². The lowest BCUT2D eigenvalue weighted by Crippen LogP contribution is -2.13. The number of ether oxygens (including phenoxy) is 2. The number of para-hydroxylation sites is 1. The van der Waals surface area contributed by atoms with E-state index in [2.05, 4.69) is 15.3 Å². The van der Waals surface area contributed by atoms with Gasteiger partial charge in [-0.2, -0.15) is 0 Å². The molecular weight excluding hydrogens is 351 g/mol. The van der Waals surface area contributed by atoms with E-state index in [1.54, 1.807) is 13.2 Å². The third-order valence-corrected chi connectivity index (χ3v) is 3.87. The number of carbonyl (C=O) groups is 1. The lowest BCUT2D eigenvalue weighted by molar-refractivity contribution is 0.0997. The summed E-state index contributed by atoms with van der Waals surface area (Å²) in [7, 11) is 2.90. The molecule has 0 aliphatic heterocycles. The van der Waals surface area contributed by atoms with Crippen molar-refractivity contribution in [2.75, 3.05) is 19.5 Å². The van der Waals surface area contributed by atoms with Crippen molar-refractivity contribution in [2.45, 2.75) is 0 Å². The second-order valence-corrected chi connectivity index (χ2v) is 5.51. The second-order valence-electron chi connectivity index (χ2n) is 5.51. The Bertz CT molecular complexity index is 994. The van der Waals surface area contributed by atoms with Crippen molar-refractivity contribution in [3.05, 3.63) is 60.2 Å². The largest absolute Gasteiger partial charge is 0.496 e. The van der Waals surface area contributed by atoms with Gasteiger partial charge in [0.25, 0.3) is 5.91 Å². The van der Waals surface area contributed by atoms with Crippen LogP contribution in [0.3, 0.4) is 0 Å². The highest BCUT2D eigenvalue weighted by molar-refractivity contribution is 5.97. The van der Waals surface area contributed by atoms with Gasteiger partial charge in [-0.15, -0.1) is 0 Å². The Morgan fingerprint density at radius 1 is 1.07 bits per heavy atom. The highest BCUT2D eigenvalue weighted by atomic mass is 19.1. The van der Waals surface area contributed by atoms with Gasteiger partial charge in [0.1, 0.15) is 29.5 Å². The quantitative estimate of drug-likeness (QED) is 0.693. The molecule has 0 aliphatic carbocycles. The fraction of sp³-hybridized carbons (Fsp3) is 0.105. The van der Waals surface area contributed by atoms with Crippen LogP contribution < -0.4 is 20.5 Å². The number of carbonyl (C=O) groups excluding carboxylic acids is 1. The topological polar surface area (TPSA) is 99.4 Å². The molecule has 0 saturated carbocycles. The number of amides is 1. The molecule has 0 fully saturated rings. The maximum atomic E-state index is 14.4. The third-order valence-electron chi connectivity index (χ3n) is 3.87. The van der Waals surface area contributed by atoms with Crippen LogP contribution in [0.2, 0.25) is 0 Å². The van der Waals surface area contributed by atoms with Gasteiger partial charge in [0.15, 0.2) is 0 Å². The minimum Gasteiger partial charge on any atom is -0.496 e. The number of nitrogens with zero attached hydrogens (tertiary/aromatic N) is 2. The summed E-state index contributed by atoms with van der Waals surface area (Å²) in [5.41, 5.74) is 6.77. The number of hydrogen-bond acceptors (Lipinski definition) is 6. The number of nitrogens with two attached hydrogens (primary N) is 1. The Kier molecular flexibility index (Phi) is 5.16. The van der Waals surface area contributed by atoms with Crippen molar-refractivity contribution in [3.8, 4) is 22.8 Å². The molecule has 0 radical (unpaired) electrons. The summed E-state index contributed by atoms with van der Waals surface area (Å²) in [6, 6.07) is 11.4. The number of hydrogen-bond donors (Lipinski definition) is 2. The predicted octanol–water partition coefficient (Wildman–Crippen LogP) is 3.14. The first-order valence-electron chi connectivity index (χ1n) is 7.93. The summed E-state index contributed by atoms with van der Waals surface area (Å²) in [5, 5.41) is 2.84. The number of benzene rings is 2. The van der Waals surface area contributed by atoms with Crippen LogP contribution in [-0.2, 0) is 0 Å². The van der Waals surface area contributed by atoms with Crippen LogP contribution in [-0.4, -0.2) is 30.1 Å². The molecule has 3 aromatic rings. The molecule has 0 aliphatic rings. The van der Waals surface area contributed by atoms with E-state index < -0.39 is 11.7 Å². The van der Waals surface area contributed by atoms with Crippen LogP contribution >= 0.6 is 0 Å². The van der Waals surface area contributed by atoms with Gasteiger partial charge >= 0.3 is 0 Å². The van der Waals surface area contributed by atoms with Crippen molar-refractivity contribution in [1.29, 1.82) is 0 Å². The number of primary amides is 1. The minimum atomic E-state index is -0.729. The molecule has 27 heavy (non-hydrogen) atoms. The number of methoxy groups -OCH3 is 2. The van der Waals surface area contributed by atoms with Gasteiger partial charge in [-0.3, -0.25) is 4.79 Å². The van der Waals surface area contributed by atoms with Crippen LogP contribution in [0.5, 0.6) is 11.5 Å². The highest BCUT2D eigenvalue weighted by Crippen LogP contribution is 2.31. The number of nitrogens with one attached hydrogen (secondary N) is 1. The van der Waals surface area contributed by atoms with Gasteiger partial charge in [0.2, 0.25) is 0 Å². The zero-order chi connectivity index (χ0) is 19.4. The van der Waals surface area contributed by atoms with Crippen LogP contribution in [0.15, 0.2) is 48.8 Å². The van der Waals surface area contributed by atoms with E-state index in [1.807, 2.05) is 24.3 Å². The summed E-state index contributed by atoms with van der Waals surface area (Å²) >= 11 is 0. The number of halogens is 1. The van der Waals surface area contributed by atoms with Crippen LogP contribution in [0.4, 0.5) is 15.9 Å². The molecule has 0 saturated heterocycles. The van der Waals surface area contributed by atoms with E-state index in [1.165, 1.54) is 19.5 Å². The number of aromatic nitrogens is 2. The Balaban J connectivity index is 1.98. The zero-order valence-electron chi connectivity index (χ0n) is 14.7. The summed E-state index contributed by atoms with van der Waals surface area (Å²) < 4.78 is 24.7. The van der Waals surface area contributed by atoms with E-state index in [0.29, 0.717) is 17.3 Å². The highest BCUT2D eigenvalue weighted by Gasteiger charge is 2.15. The molecule has 138 valence electrons. The molecule has 1 aromatic heterocycles. The third kappa shape index (κ3) is 3.79. The van der Waals surface area contributed by atoms with E-state index in [4.69, 9.17) is 15.2 Å². The Morgan fingerprint density at radius 3 is 2.52 bits per heavy atom. The predicted molar refractivity (Wildman–Crippen MR) is 98.8 cm³/mol. The monoisotopic (exact) mass is 368 g/mol. The number of rotatable bonds is 6. The smallest absolute Gasteiger partial charge is 0.252 e. The standard InChI is InChI=1S/C19H17FN4O3/c1-26-16-6-4-3-5-11(16)14-9-18(23-10-22-14)24-15-7-12(19(21)25)17(27-2)8-13(15)20/h3-10H,1-2H3,(H2,21,25)(H,22,23,24). The summed E-state index contributed by atoms with van der Waals surface area (Å²) in [4.78, 5) is 19.9. The first-order chi connectivity index (χ1) is 13.0. The SMILES string of the molecule is COc1cc(F)c(Nc2cc(-c3ccccc3OC)ncn2)cc1C(N)=O. The maximum absolute atomic E-state index is 14.4. The molecule has 0 atom stereocenters. The fourth-order valence-corrected chi connectivity index (χ4v) is 2.58. The van der Waals surface area contributed by atoms with Crippen molar-refractivity contribution >= 4 is 17.4 Å². The molecule has 1 amide bonds. The van der Waals surface area contributed by atoms with Gasteiger partial charge in [-0.05, 0) is 18.2 Å². The summed E-state index contributed by atoms with van der Waals surface area (Å²) in [6.07, 6.45) is 1.35. The van der Waals surface area contributed by atoms with Gasteiger partial charge in [0, 0.05) is 17.7 Å². The Labute approximate surface area is 155 Å². The normalized spacial score (nSPS) is 10.3. The average Bonchev–Trinajstić information content (AvgIpc) is 2.69. The average molecular weight is 368 g/mol. The van der Waals surface area contributed by atoms with Crippen molar-refractivity contribution in [2.24, 2.45) is 5.73 Å². The van der Waals surface area contributed by atoms with Gasteiger partial charge in [0.05, 0.1) is 31.2 Å². The lowest BCUT2D eigenvalue weighted by atomic mass is 10.1. The molecule has 2 aromatic carbocycles. The zero-order valence-corrected chi connectivity index (χ0v) is 14.7. The lowest BCUT2D eigenvalue weighted by Gasteiger charge is -2.12. The molecule has 0 unspecified atom stereocenters. The van der Waals surface area contributed by atoms with Crippen molar-refractivity contribution < 1.29 is 18.7 Å². The van der Waals surface area contributed by atoms with Crippen LogP contribution in [0.1, 0.15) is 10.4 Å². The van der Waals surface area contributed by atoms with Gasteiger partial charge in [-0.25, -0.2) is 14.4 Å². The maximum Gasteiger partial charge on any atom is 0.252 e.